The van der Waals surface area contributed by atoms with Crippen LogP contribution in [0.5, 0.6) is 0 Å². The van der Waals surface area contributed by atoms with Gasteiger partial charge in [0, 0.05) is 12.8 Å². The van der Waals surface area contributed by atoms with Crippen molar-refractivity contribution in [3.63, 3.8) is 0 Å². The van der Waals surface area contributed by atoms with Crippen molar-refractivity contribution >= 4 is 19.8 Å². The summed E-state index contributed by atoms with van der Waals surface area (Å²) in [6, 6.07) is 0. The molecule has 2 unspecified atom stereocenters. The van der Waals surface area contributed by atoms with Gasteiger partial charge in [0.25, 0.3) is 7.82 Å². The number of allylic oxidation sites excluding steroid dienone is 28. The Bertz CT molecular complexity index is 2130. The molecule has 90 heavy (non-hydrogen) atoms. The van der Waals surface area contributed by atoms with Crippen molar-refractivity contribution in [3.8, 4) is 0 Å². The van der Waals surface area contributed by atoms with Crippen LogP contribution in [0, 0.1) is 0 Å². The van der Waals surface area contributed by atoms with E-state index in [4.69, 9.17) is 18.5 Å². The number of ether oxygens (including phenoxy) is 2. The normalized spacial score (nSPS) is 14.2. The van der Waals surface area contributed by atoms with Gasteiger partial charge in [0.1, 0.15) is 19.8 Å². The van der Waals surface area contributed by atoms with Gasteiger partial charge in [-0.15, -0.1) is 0 Å². The fourth-order valence-corrected chi connectivity index (χ4v) is 10.1. The van der Waals surface area contributed by atoms with Crippen molar-refractivity contribution in [2.45, 2.75) is 277 Å². The number of hydrogen-bond donors (Lipinski definition) is 0. The van der Waals surface area contributed by atoms with Gasteiger partial charge in [0.15, 0.2) is 6.10 Å². The van der Waals surface area contributed by atoms with Crippen molar-refractivity contribution in [1.82, 2.24) is 0 Å². The zero-order valence-corrected chi connectivity index (χ0v) is 58.9. The minimum absolute atomic E-state index is 0.0407. The van der Waals surface area contributed by atoms with Crippen molar-refractivity contribution in [2.75, 3.05) is 47.5 Å². The lowest BCUT2D eigenvalue weighted by Gasteiger charge is -2.28. The molecule has 9 nitrogen and oxygen atoms in total. The van der Waals surface area contributed by atoms with E-state index in [1.54, 1.807) is 0 Å². The standard InChI is InChI=1S/C80H132NO8P/c1-6-8-10-12-14-16-18-20-22-24-26-28-30-32-34-36-38-40-42-44-46-48-50-52-54-56-58-60-62-64-66-68-70-72-79(82)86-76-78(77-88-90(84,85)87-75-74-81(3,4)5)89-80(83)73-71-69-67-65-63-61-59-57-55-53-51-49-47-45-43-41-39-37-35-33-31-29-27-25-23-21-19-17-15-13-11-9-7-2/h8-11,14-17,20-23,26-29,32-35,38-41,45,47,51,53,78H,6-7,12-13,18-19,24-25,30-31,36-37,42-44,46,48-50,52,54-77H2,1-5H3/b10-8-,11-9-,16-14-,17-15-,22-20-,23-21-,28-26-,29-27-,34-32-,35-33-,40-38-,41-39-,47-45-,53-51-. The van der Waals surface area contributed by atoms with E-state index in [9.17, 15) is 19.0 Å². The molecule has 0 aromatic heterocycles. The molecule has 0 N–H and O–H groups in total. The zero-order valence-electron chi connectivity index (χ0n) is 58.0. The molecule has 0 saturated carbocycles. The highest BCUT2D eigenvalue weighted by Gasteiger charge is 2.22. The van der Waals surface area contributed by atoms with E-state index < -0.39 is 32.5 Å². The van der Waals surface area contributed by atoms with Crippen molar-refractivity contribution < 1.29 is 42.1 Å². The Hall–Kier alpha value is -4.63. The Morgan fingerprint density at radius 1 is 0.344 bits per heavy atom. The van der Waals surface area contributed by atoms with Gasteiger partial charge in [0.05, 0.1) is 27.7 Å². The van der Waals surface area contributed by atoms with E-state index in [2.05, 4.69) is 184 Å². The van der Waals surface area contributed by atoms with Gasteiger partial charge in [-0.3, -0.25) is 14.2 Å². The number of hydrogen-bond acceptors (Lipinski definition) is 8. The van der Waals surface area contributed by atoms with Crippen LogP contribution in [0.2, 0.25) is 0 Å². The van der Waals surface area contributed by atoms with Crippen LogP contribution in [0.1, 0.15) is 271 Å². The number of carbonyl (C=O) groups is 2. The molecule has 0 heterocycles. The van der Waals surface area contributed by atoms with Crippen LogP contribution in [0.15, 0.2) is 170 Å². The van der Waals surface area contributed by atoms with E-state index in [1.165, 1.54) is 103 Å². The van der Waals surface area contributed by atoms with Gasteiger partial charge in [-0.05, 0) is 128 Å². The third kappa shape index (κ3) is 72.4. The van der Waals surface area contributed by atoms with Crippen LogP contribution in [0.4, 0.5) is 0 Å². The van der Waals surface area contributed by atoms with Crippen LogP contribution in [0.25, 0.3) is 0 Å². The van der Waals surface area contributed by atoms with Crippen LogP contribution in [-0.4, -0.2) is 70.0 Å². The number of likely N-dealkylation sites (N-methyl/N-ethyl adjacent to an activating group) is 1. The lowest BCUT2D eigenvalue weighted by molar-refractivity contribution is -0.870. The van der Waals surface area contributed by atoms with Crippen molar-refractivity contribution in [2.24, 2.45) is 0 Å². The molecule has 0 aliphatic rings. The first-order chi connectivity index (χ1) is 44.0. The lowest BCUT2D eigenvalue weighted by atomic mass is 10.0. The van der Waals surface area contributed by atoms with Crippen LogP contribution in [-0.2, 0) is 32.7 Å². The Labute approximate surface area is 553 Å². The third-order valence-corrected chi connectivity index (χ3v) is 15.7. The van der Waals surface area contributed by atoms with Crippen LogP contribution < -0.4 is 4.89 Å². The average molecular weight is 1270 g/mol. The smallest absolute Gasteiger partial charge is 0.306 e. The maximum Gasteiger partial charge on any atom is 0.306 e. The monoisotopic (exact) mass is 1270 g/mol. The Kier molecular flexibility index (Phi) is 65.2. The topological polar surface area (TPSA) is 111 Å². The van der Waals surface area contributed by atoms with Gasteiger partial charge in [-0.25, -0.2) is 0 Å². The van der Waals surface area contributed by atoms with Crippen LogP contribution >= 0.6 is 7.82 Å². The summed E-state index contributed by atoms with van der Waals surface area (Å²) < 4.78 is 34.3. The largest absolute Gasteiger partial charge is 0.756 e. The van der Waals surface area contributed by atoms with Crippen molar-refractivity contribution in [3.05, 3.63) is 170 Å². The minimum Gasteiger partial charge on any atom is -0.756 e. The summed E-state index contributed by atoms with van der Waals surface area (Å²) in [6.45, 7) is 4.00. The predicted molar refractivity (Wildman–Crippen MR) is 387 cm³/mol. The van der Waals surface area contributed by atoms with Gasteiger partial charge in [0.2, 0.25) is 0 Å². The second-order valence-corrected chi connectivity index (χ2v) is 25.9. The van der Waals surface area contributed by atoms with Gasteiger partial charge < -0.3 is 27.9 Å². The summed E-state index contributed by atoms with van der Waals surface area (Å²) in [6.07, 6.45) is 104. The number of unbranched alkanes of at least 4 members (excludes halogenated alkanes) is 22. The molecule has 0 fully saturated rings. The number of nitrogens with zero attached hydrogens (tertiary/aromatic N) is 1. The van der Waals surface area contributed by atoms with E-state index >= 15 is 0 Å². The molecule has 10 heteroatoms. The molecular formula is C80H132NO8P. The SMILES string of the molecule is CC/C=C\C/C=C\C/C=C\C/C=C\C/C=C\C/C=C\C/C=C\C/C=C\CCCCCCCCCCC(=O)OC(COC(=O)CCCCCCCCCCCCCCCC/C=C\C/C=C\C/C=C\C/C=C\C/C=C\C/C=C\CC)COP(=O)([O-])OCC[N+](C)(C)C. The highest BCUT2D eigenvalue weighted by Crippen LogP contribution is 2.38. The summed E-state index contributed by atoms with van der Waals surface area (Å²) in [4.78, 5) is 38.1. The Morgan fingerprint density at radius 3 is 0.889 bits per heavy atom. The van der Waals surface area contributed by atoms with E-state index in [0.29, 0.717) is 17.4 Å². The molecule has 0 aromatic rings. The first-order valence-corrected chi connectivity index (χ1v) is 37.3. The zero-order chi connectivity index (χ0) is 65.5. The number of phosphoric acid groups is 1. The maximum atomic E-state index is 12.9. The van der Waals surface area contributed by atoms with Gasteiger partial charge >= 0.3 is 11.9 Å². The summed E-state index contributed by atoms with van der Waals surface area (Å²) in [5.41, 5.74) is 0. The lowest BCUT2D eigenvalue weighted by Crippen LogP contribution is -2.37. The highest BCUT2D eigenvalue weighted by atomic mass is 31.2. The molecule has 0 radical (unpaired) electrons. The molecule has 0 spiro atoms. The number of quaternary nitrogens is 1. The third-order valence-electron chi connectivity index (χ3n) is 14.7. The van der Waals surface area contributed by atoms with E-state index in [1.807, 2.05) is 21.1 Å². The number of carbonyl (C=O) groups excluding carboxylic acids is 2. The quantitative estimate of drug-likeness (QED) is 0.0195. The Balaban J connectivity index is 4.12. The summed E-state index contributed by atoms with van der Waals surface area (Å²) >= 11 is 0. The molecule has 510 valence electrons. The van der Waals surface area contributed by atoms with Gasteiger partial charge in [-0.2, -0.15) is 0 Å². The minimum atomic E-state index is -4.66. The first-order valence-electron chi connectivity index (χ1n) is 35.8. The molecule has 0 amide bonds. The molecular weight excluding hydrogens is 1130 g/mol. The number of phosphoric ester groups is 1. The summed E-state index contributed by atoms with van der Waals surface area (Å²) in [5, 5.41) is 0. The average Bonchev–Trinajstić information content (AvgIpc) is 3.58. The molecule has 2 atom stereocenters. The molecule has 0 aromatic carbocycles. The Morgan fingerprint density at radius 2 is 0.600 bits per heavy atom. The molecule has 0 saturated heterocycles. The fourth-order valence-electron chi connectivity index (χ4n) is 9.32. The second kappa shape index (κ2) is 68.7. The van der Waals surface area contributed by atoms with Crippen molar-refractivity contribution in [1.29, 1.82) is 0 Å². The predicted octanol–water partition coefficient (Wildman–Crippen LogP) is 23.1. The summed E-state index contributed by atoms with van der Waals surface area (Å²) in [5.74, 6) is -0.850. The van der Waals surface area contributed by atoms with Gasteiger partial charge in [-0.1, -0.05) is 300 Å². The van der Waals surface area contributed by atoms with E-state index in [0.717, 1.165) is 135 Å². The molecule has 0 aliphatic heterocycles. The van der Waals surface area contributed by atoms with E-state index in [-0.39, 0.29) is 26.1 Å². The molecule has 0 rings (SSSR count). The summed E-state index contributed by atoms with van der Waals surface area (Å²) in [7, 11) is 1.14. The fraction of sp³-hybridized carbons (Fsp3) is 0.625. The molecule has 0 bridgehead atoms. The number of rotatable bonds is 64. The molecule has 0 aliphatic carbocycles. The first kappa shape index (κ1) is 85.4. The number of esters is 2. The van der Waals surface area contributed by atoms with Crippen LogP contribution in [0.3, 0.4) is 0 Å². The highest BCUT2D eigenvalue weighted by molar-refractivity contribution is 7.45. The second-order valence-electron chi connectivity index (χ2n) is 24.5. The maximum absolute atomic E-state index is 12.9.